The van der Waals surface area contributed by atoms with Crippen molar-refractivity contribution in [2.75, 3.05) is 0 Å². The Morgan fingerprint density at radius 3 is 2.57 bits per heavy atom. The van der Waals surface area contributed by atoms with Gasteiger partial charge in [-0.2, -0.15) is 0 Å². The molecule has 0 aliphatic rings. The zero-order chi connectivity index (χ0) is 5.70. The summed E-state index contributed by atoms with van der Waals surface area (Å²) in [4.78, 5) is 0. The Bertz CT molecular complexity index is 38.7. The van der Waals surface area contributed by atoms with E-state index in [9.17, 15) is 0 Å². The van der Waals surface area contributed by atoms with Gasteiger partial charge in [-0.25, -0.2) is 0 Å². The maximum absolute atomic E-state index is 8.50. The molecule has 0 fully saturated rings. The second-order valence-corrected chi connectivity index (χ2v) is 3.21. The molecule has 0 aliphatic heterocycles. The first-order valence-electron chi connectivity index (χ1n) is 2.57. The third-order valence-corrected chi connectivity index (χ3v) is 1.69. The molecule has 0 aromatic carbocycles. The van der Waals surface area contributed by atoms with E-state index in [1.807, 2.05) is 0 Å². The molecule has 0 aromatic rings. The van der Waals surface area contributed by atoms with Crippen molar-refractivity contribution in [2.24, 2.45) is 0 Å². The number of hydrogen-bond donors (Lipinski definition) is 1. The highest BCUT2D eigenvalue weighted by molar-refractivity contribution is 6.26. The van der Waals surface area contributed by atoms with Crippen molar-refractivity contribution in [1.29, 1.82) is 0 Å². The molecule has 1 N–H and O–H groups in total. The highest BCUT2D eigenvalue weighted by Crippen LogP contribution is 1.82. The van der Waals surface area contributed by atoms with E-state index in [-0.39, 0.29) is 9.76 Å². The van der Waals surface area contributed by atoms with Crippen LogP contribution in [0.2, 0.25) is 6.04 Å². The Kier molecular flexibility index (Phi) is 4.38. The molecule has 0 bridgehead atoms. The van der Waals surface area contributed by atoms with E-state index in [2.05, 4.69) is 6.92 Å². The van der Waals surface area contributed by atoms with E-state index < -0.39 is 6.29 Å². The fraction of sp³-hybridized carbons (Fsp3) is 1.00. The van der Waals surface area contributed by atoms with Gasteiger partial charge in [-0.3, -0.25) is 0 Å². The Morgan fingerprint density at radius 1 is 1.86 bits per heavy atom. The highest BCUT2D eigenvalue weighted by atomic mass is 28.2. The molecule has 1 atom stereocenters. The third kappa shape index (κ3) is 6.14. The topological polar surface area (TPSA) is 29.5 Å². The summed E-state index contributed by atoms with van der Waals surface area (Å²) in [6.07, 6.45) is -0.536. The normalized spacial score (nSPS) is 15.9. The molecule has 0 saturated heterocycles. The van der Waals surface area contributed by atoms with E-state index in [0.717, 1.165) is 6.04 Å². The summed E-state index contributed by atoms with van der Waals surface area (Å²) in [5.74, 6) is 0. The van der Waals surface area contributed by atoms with Gasteiger partial charge in [0.25, 0.3) is 0 Å². The van der Waals surface area contributed by atoms with Crippen LogP contribution in [0.1, 0.15) is 13.8 Å². The fourth-order valence-electron chi connectivity index (χ4n) is 0.288. The van der Waals surface area contributed by atoms with Crippen molar-refractivity contribution in [1.82, 2.24) is 0 Å². The van der Waals surface area contributed by atoms with Crippen molar-refractivity contribution in [3.05, 3.63) is 0 Å². The zero-order valence-corrected chi connectivity index (χ0v) is 6.26. The molecule has 0 saturated carbocycles. The minimum atomic E-state index is -0.536. The summed E-state index contributed by atoms with van der Waals surface area (Å²) in [6, 6.07) is 1.10. The van der Waals surface area contributed by atoms with Gasteiger partial charge in [-0.1, -0.05) is 6.92 Å². The Labute approximate surface area is 46.4 Å². The fourth-order valence-corrected chi connectivity index (χ4v) is 0.865. The number of hydrogen-bond acceptors (Lipinski definition) is 2. The van der Waals surface area contributed by atoms with Crippen LogP contribution in [0.3, 0.4) is 0 Å². The quantitative estimate of drug-likeness (QED) is 0.415. The van der Waals surface area contributed by atoms with E-state index in [1.54, 1.807) is 6.92 Å². The van der Waals surface area contributed by atoms with Crippen molar-refractivity contribution in [3.8, 4) is 0 Å². The minimum absolute atomic E-state index is 0.376. The van der Waals surface area contributed by atoms with Crippen molar-refractivity contribution in [3.63, 3.8) is 0 Å². The molecule has 2 nitrogen and oxygen atoms in total. The van der Waals surface area contributed by atoms with Crippen LogP contribution < -0.4 is 0 Å². The minimum Gasteiger partial charge on any atom is -0.400 e. The first-order chi connectivity index (χ1) is 3.27. The Morgan fingerprint density at radius 2 is 2.43 bits per heavy atom. The third-order valence-electron chi connectivity index (χ3n) is 0.563. The van der Waals surface area contributed by atoms with Gasteiger partial charge < -0.3 is 9.53 Å². The molecule has 0 aliphatic carbocycles. The molecule has 1 unspecified atom stereocenters. The monoisotopic (exact) mass is 120 g/mol. The summed E-state index contributed by atoms with van der Waals surface area (Å²) in [5.41, 5.74) is 0. The van der Waals surface area contributed by atoms with E-state index in [0.29, 0.717) is 0 Å². The molecule has 0 amide bonds. The van der Waals surface area contributed by atoms with Crippen molar-refractivity contribution < 1.29 is 9.53 Å². The van der Waals surface area contributed by atoms with Gasteiger partial charge in [-0.05, 0) is 13.0 Å². The van der Waals surface area contributed by atoms with E-state index in [4.69, 9.17) is 9.53 Å². The van der Waals surface area contributed by atoms with E-state index in [1.165, 1.54) is 0 Å². The van der Waals surface area contributed by atoms with Gasteiger partial charge >= 0.3 is 0 Å². The molecule has 0 radical (unpaired) electrons. The van der Waals surface area contributed by atoms with Gasteiger partial charge in [0, 0.05) is 0 Å². The average molecular weight is 120 g/mol. The standard InChI is InChI=1S/C4H12O2Si/c1-3-7-6-4(2)5/h4-5H,3,7H2,1-2H3. The molecular formula is C4H12O2Si. The van der Waals surface area contributed by atoms with Gasteiger partial charge in [0.05, 0.1) is 0 Å². The number of aliphatic hydroxyl groups excluding tert-OH is 1. The molecule has 0 aromatic heterocycles. The van der Waals surface area contributed by atoms with Crippen LogP contribution in [0.5, 0.6) is 0 Å². The molecular weight excluding hydrogens is 108 g/mol. The van der Waals surface area contributed by atoms with Gasteiger partial charge in [0.15, 0.2) is 9.76 Å². The molecule has 0 heterocycles. The highest BCUT2D eigenvalue weighted by Gasteiger charge is 1.89. The van der Waals surface area contributed by atoms with Crippen LogP contribution >= 0.6 is 0 Å². The first kappa shape index (κ1) is 7.14. The van der Waals surface area contributed by atoms with Gasteiger partial charge in [-0.15, -0.1) is 0 Å². The second kappa shape index (κ2) is 4.30. The molecule has 44 valence electrons. The summed E-state index contributed by atoms with van der Waals surface area (Å²) in [7, 11) is -0.376. The maximum Gasteiger partial charge on any atom is 0.164 e. The summed E-state index contributed by atoms with van der Waals surface area (Å²) in [5, 5.41) is 8.50. The Hall–Kier alpha value is 0.137. The Balaban J connectivity index is 2.68. The summed E-state index contributed by atoms with van der Waals surface area (Å²) < 4.78 is 4.89. The molecule has 0 rings (SSSR count). The predicted octanol–water partition coefficient (Wildman–Crippen LogP) is -0.137. The lowest BCUT2D eigenvalue weighted by Gasteiger charge is -2.02. The summed E-state index contributed by atoms with van der Waals surface area (Å²) in [6.45, 7) is 3.71. The lowest BCUT2D eigenvalue weighted by molar-refractivity contribution is 0.00184. The lowest BCUT2D eigenvalue weighted by Crippen LogP contribution is -2.08. The van der Waals surface area contributed by atoms with Crippen LogP contribution in [0.25, 0.3) is 0 Å². The number of rotatable bonds is 3. The SMILES string of the molecule is CC[SiH2]OC(C)O. The number of aliphatic hydroxyl groups is 1. The molecule has 3 heteroatoms. The van der Waals surface area contributed by atoms with Crippen LogP contribution in [0, 0.1) is 0 Å². The van der Waals surface area contributed by atoms with Gasteiger partial charge in [0.2, 0.25) is 0 Å². The van der Waals surface area contributed by atoms with E-state index >= 15 is 0 Å². The first-order valence-corrected chi connectivity index (χ1v) is 4.14. The maximum atomic E-state index is 8.50. The van der Waals surface area contributed by atoms with Gasteiger partial charge in [0.1, 0.15) is 6.29 Å². The zero-order valence-electron chi connectivity index (χ0n) is 4.85. The second-order valence-electron chi connectivity index (χ2n) is 1.47. The molecule has 7 heavy (non-hydrogen) atoms. The largest absolute Gasteiger partial charge is 0.400 e. The average Bonchev–Trinajstić information content (AvgIpc) is 1.61. The smallest absolute Gasteiger partial charge is 0.164 e. The van der Waals surface area contributed by atoms with Crippen LogP contribution in [-0.2, 0) is 4.43 Å². The molecule has 0 spiro atoms. The van der Waals surface area contributed by atoms with Crippen molar-refractivity contribution in [2.45, 2.75) is 26.2 Å². The van der Waals surface area contributed by atoms with Crippen LogP contribution in [-0.4, -0.2) is 21.2 Å². The van der Waals surface area contributed by atoms with Crippen molar-refractivity contribution >= 4 is 9.76 Å². The lowest BCUT2D eigenvalue weighted by atomic mass is 10.8. The summed E-state index contributed by atoms with van der Waals surface area (Å²) >= 11 is 0. The predicted molar refractivity (Wildman–Crippen MR) is 31.8 cm³/mol. The van der Waals surface area contributed by atoms with Crippen LogP contribution in [0.4, 0.5) is 0 Å². The van der Waals surface area contributed by atoms with Crippen LogP contribution in [0.15, 0.2) is 0 Å².